The standard InChI is InChI=1S/C16H22ClN3O/c1-16(2,3)15-14(18-20-19-15)10-12(21)9-13(17)11-7-5-4-6-8-11/h4-8,12-13,21H,9-10H2,1-3H3,(H,18,19,20). The van der Waals surface area contributed by atoms with Crippen LogP contribution in [0.2, 0.25) is 0 Å². The van der Waals surface area contributed by atoms with Crippen LogP contribution in [0.5, 0.6) is 0 Å². The molecule has 0 saturated heterocycles. The number of benzene rings is 1. The highest BCUT2D eigenvalue weighted by Gasteiger charge is 2.24. The van der Waals surface area contributed by atoms with E-state index >= 15 is 0 Å². The van der Waals surface area contributed by atoms with Gasteiger partial charge in [-0.15, -0.1) is 11.6 Å². The molecule has 1 aromatic heterocycles. The van der Waals surface area contributed by atoms with Gasteiger partial charge in [-0.25, -0.2) is 0 Å². The molecule has 0 bridgehead atoms. The number of nitrogens with zero attached hydrogens (tertiary/aromatic N) is 2. The molecule has 0 spiro atoms. The zero-order valence-electron chi connectivity index (χ0n) is 12.7. The van der Waals surface area contributed by atoms with Crippen molar-refractivity contribution in [1.29, 1.82) is 0 Å². The lowest BCUT2D eigenvalue weighted by Gasteiger charge is -2.18. The molecule has 2 N–H and O–H groups in total. The molecule has 0 saturated carbocycles. The monoisotopic (exact) mass is 307 g/mol. The largest absolute Gasteiger partial charge is 0.393 e. The van der Waals surface area contributed by atoms with Crippen molar-refractivity contribution in [3.05, 3.63) is 47.3 Å². The van der Waals surface area contributed by atoms with E-state index in [1.807, 2.05) is 30.3 Å². The molecule has 21 heavy (non-hydrogen) atoms. The Labute approximate surface area is 130 Å². The van der Waals surface area contributed by atoms with Gasteiger partial charge in [0.1, 0.15) is 0 Å². The number of halogens is 1. The summed E-state index contributed by atoms with van der Waals surface area (Å²) in [7, 11) is 0. The van der Waals surface area contributed by atoms with Crippen LogP contribution < -0.4 is 0 Å². The van der Waals surface area contributed by atoms with Gasteiger partial charge in [0.05, 0.1) is 22.9 Å². The van der Waals surface area contributed by atoms with Gasteiger partial charge in [0.25, 0.3) is 0 Å². The van der Waals surface area contributed by atoms with Crippen LogP contribution in [0.15, 0.2) is 30.3 Å². The van der Waals surface area contributed by atoms with Gasteiger partial charge in [-0.2, -0.15) is 15.4 Å². The second-order valence-electron chi connectivity index (χ2n) is 6.34. The highest BCUT2D eigenvalue weighted by Crippen LogP contribution is 2.28. The van der Waals surface area contributed by atoms with Crippen molar-refractivity contribution in [1.82, 2.24) is 15.4 Å². The van der Waals surface area contributed by atoms with E-state index < -0.39 is 6.10 Å². The number of aromatic amines is 1. The highest BCUT2D eigenvalue weighted by molar-refractivity contribution is 6.20. The maximum atomic E-state index is 10.3. The smallest absolute Gasteiger partial charge is 0.0911 e. The summed E-state index contributed by atoms with van der Waals surface area (Å²) >= 11 is 6.37. The van der Waals surface area contributed by atoms with Crippen LogP contribution in [0.1, 0.15) is 49.5 Å². The molecular weight excluding hydrogens is 286 g/mol. The van der Waals surface area contributed by atoms with Gasteiger partial charge in [0, 0.05) is 11.8 Å². The molecule has 2 rings (SSSR count). The van der Waals surface area contributed by atoms with Gasteiger partial charge in [-0.3, -0.25) is 0 Å². The van der Waals surface area contributed by atoms with Crippen molar-refractivity contribution in [3.8, 4) is 0 Å². The minimum absolute atomic E-state index is 0.0954. The summed E-state index contributed by atoms with van der Waals surface area (Å²) in [5.74, 6) is 0. The van der Waals surface area contributed by atoms with Crippen LogP contribution >= 0.6 is 11.6 Å². The normalized spacial score (nSPS) is 14.9. The predicted octanol–water partition coefficient (Wildman–Crippen LogP) is 3.38. The van der Waals surface area contributed by atoms with Crippen LogP contribution in [-0.2, 0) is 11.8 Å². The molecule has 4 nitrogen and oxygen atoms in total. The van der Waals surface area contributed by atoms with E-state index in [1.165, 1.54) is 0 Å². The summed E-state index contributed by atoms with van der Waals surface area (Å²) in [5.41, 5.74) is 2.63. The average molecular weight is 308 g/mol. The van der Waals surface area contributed by atoms with Crippen LogP contribution in [0.4, 0.5) is 0 Å². The predicted molar refractivity (Wildman–Crippen MR) is 84.4 cm³/mol. The molecule has 114 valence electrons. The van der Waals surface area contributed by atoms with Gasteiger partial charge in [0.15, 0.2) is 0 Å². The number of nitrogens with one attached hydrogen (secondary N) is 1. The van der Waals surface area contributed by atoms with Crippen molar-refractivity contribution < 1.29 is 5.11 Å². The maximum Gasteiger partial charge on any atom is 0.0911 e. The van der Waals surface area contributed by atoms with Crippen molar-refractivity contribution >= 4 is 11.6 Å². The zero-order valence-corrected chi connectivity index (χ0v) is 13.4. The summed E-state index contributed by atoms with van der Waals surface area (Å²) in [5, 5.41) is 21.1. The van der Waals surface area contributed by atoms with E-state index in [-0.39, 0.29) is 10.8 Å². The number of aliphatic hydroxyl groups is 1. The Kier molecular flexibility index (Phi) is 5.01. The third-order valence-electron chi connectivity index (χ3n) is 3.40. The van der Waals surface area contributed by atoms with Crippen molar-refractivity contribution in [2.45, 2.75) is 50.5 Å². The topological polar surface area (TPSA) is 61.8 Å². The van der Waals surface area contributed by atoms with E-state index in [9.17, 15) is 5.11 Å². The first-order valence-corrected chi connectivity index (χ1v) is 7.58. The third-order valence-corrected chi connectivity index (χ3v) is 3.83. The molecule has 0 aliphatic carbocycles. The Balaban J connectivity index is 1.99. The Morgan fingerprint density at radius 1 is 1.19 bits per heavy atom. The lowest BCUT2D eigenvalue weighted by molar-refractivity contribution is 0.162. The number of hydrogen-bond acceptors (Lipinski definition) is 3. The lowest BCUT2D eigenvalue weighted by Crippen LogP contribution is -2.19. The summed E-state index contributed by atoms with van der Waals surface area (Å²) < 4.78 is 0. The molecule has 0 aliphatic heterocycles. The van der Waals surface area contributed by atoms with E-state index in [4.69, 9.17) is 11.6 Å². The molecule has 1 aromatic carbocycles. The zero-order chi connectivity index (χ0) is 15.5. The SMILES string of the molecule is CC(C)(C)c1n[nH]nc1CC(O)CC(Cl)c1ccccc1. The molecule has 5 heteroatoms. The maximum absolute atomic E-state index is 10.3. The van der Waals surface area contributed by atoms with E-state index in [0.29, 0.717) is 12.8 Å². The fourth-order valence-electron chi connectivity index (χ4n) is 2.34. The number of hydrogen-bond donors (Lipinski definition) is 2. The van der Waals surface area contributed by atoms with Crippen LogP contribution in [-0.4, -0.2) is 26.6 Å². The fourth-order valence-corrected chi connectivity index (χ4v) is 2.69. The quantitative estimate of drug-likeness (QED) is 0.832. The van der Waals surface area contributed by atoms with E-state index in [1.54, 1.807) is 0 Å². The Morgan fingerprint density at radius 2 is 1.86 bits per heavy atom. The molecule has 1 heterocycles. The first kappa shape index (κ1) is 16.0. The van der Waals surface area contributed by atoms with Gasteiger partial charge >= 0.3 is 0 Å². The van der Waals surface area contributed by atoms with Gasteiger partial charge in [-0.1, -0.05) is 51.1 Å². The van der Waals surface area contributed by atoms with Gasteiger partial charge in [-0.05, 0) is 12.0 Å². The van der Waals surface area contributed by atoms with Crippen LogP contribution in [0.25, 0.3) is 0 Å². The molecule has 0 aliphatic rings. The second-order valence-corrected chi connectivity index (χ2v) is 6.87. The van der Waals surface area contributed by atoms with E-state index in [2.05, 4.69) is 36.2 Å². The summed E-state index contributed by atoms with van der Waals surface area (Å²) in [4.78, 5) is 0. The van der Waals surface area contributed by atoms with Crippen molar-refractivity contribution in [2.75, 3.05) is 0 Å². The number of alkyl halides is 1. The summed E-state index contributed by atoms with van der Waals surface area (Å²) in [6, 6.07) is 9.80. The van der Waals surface area contributed by atoms with Gasteiger partial charge in [0.2, 0.25) is 0 Å². The first-order chi connectivity index (χ1) is 9.88. The van der Waals surface area contributed by atoms with Crippen LogP contribution in [0.3, 0.4) is 0 Å². The molecular formula is C16H22ClN3O. The second kappa shape index (κ2) is 6.58. The lowest BCUT2D eigenvalue weighted by atomic mass is 9.89. The van der Waals surface area contributed by atoms with Gasteiger partial charge < -0.3 is 5.11 Å². The molecule has 0 radical (unpaired) electrons. The van der Waals surface area contributed by atoms with Crippen molar-refractivity contribution in [3.63, 3.8) is 0 Å². The minimum Gasteiger partial charge on any atom is -0.393 e. The molecule has 2 aromatic rings. The Morgan fingerprint density at radius 3 is 2.48 bits per heavy atom. The summed E-state index contributed by atoms with van der Waals surface area (Å²) in [6.07, 6.45) is 0.403. The number of aromatic nitrogens is 3. The molecule has 0 fully saturated rings. The third kappa shape index (κ3) is 4.29. The summed E-state index contributed by atoms with van der Waals surface area (Å²) in [6.45, 7) is 6.24. The average Bonchev–Trinajstić information content (AvgIpc) is 2.87. The highest BCUT2D eigenvalue weighted by atomic mass is 35.5. The number of aliphatic hydroxyl groups excluding tert-OH is 1. The molecule has 2 unspecified atom stereocenters. The molecule has 0 amide bonds. The van der Waals surface area contributed by atoms with Crippen molar-refractivity contribution in [2.24, 2.45) is 0 Å². The molecule has 2 atom stereocenters. The van der Waals surface area contributed by atoms with E-state index in [0.717, 1.165) is 17.0 Å². The first-order valence-electron chi connectivity index (χ1n) is 7.15. The fraction of sp³-hybridized carbons (Fsp3) is 0.500. The van der Waals surface area contributed by atoms with Crippen LogP contribution in [0, 0.1) is 0 Å². The minimum atomic E-state index is -0.543. The number of rotatable bonds is 5. The number of H-pyrrole nitrogens is 1. The Bertz CT molecular complexity index is 562. The Hall–Kier alpha value is -1.39.